The van der Waals surface area contributed by atoms with E-state index in [1.54, 1.807) is 55.5 Å². The molecule has 24 heavy (non-hydrogen) atoms. The van der Waals surface area contributed by atoms with Gasteiger partial charge >= 0.3 is 0 Å². The van der Waals surface area contributed by atoms with Gasteiger partial charge < -0.3 is 9.47 Å². The minimum atomic E-state index is -0.284. The predicted octanol–water partition coefficient (Wildman–Crippen LogP) is 3.38. The maximum absolute atomic E-state index is 13.0. The normalized spacial score (nSPS) is 10.6. The van der Waals surface area contributed by atoms with E-state index in [1.165, 1.54) is 28.8 Å². The number of halogens is 1. The minimum absolute atomic E-state index is 0.177. The molecule has 0 N–H and O–H groups in total. The van der Waals surface area contributed by atoms with Crippen molar-refractivity contribution >= 4 is 23.4 Å². The fraction of sp³-hybridized carbons (Fsp3) is 0.118. The SMILES string of the molecule is CN(C(=O)c1cnc(Sc2ccc(F)cc2)n1C)c1cccnc1. The van der Waals surface area contributed by atoms with Crippen LogP contribution in [0.5, 0.6) is 0 Å². The molecular weight excluding hydrogens is 327 g/mol. The van der Waals surface area contributed by atoms with Gasteiger partial charge in [-0.3, -0.25) is 9.78 Å². The highest BCUT2D eigenvalue weighted by molar-refractivity contribution is 7.99. The number of amides is 1. The van der Waals surface area contributed by atoms with E-state index in [-0.39, 0.29) is 11.7 Å². The van der Waals surface area contributed by atoms with E-state index in [0.717, 1.165) is 4.90 Å². The highest BCUT2D eigenvalue weighted by Crippen LogP contribution is 2.27. The van der Waals surface area contributed by atoms with Gasteiger partial charge in [-0.05, 0) is 36.4 Å². The molecule has 0 atom stereocenters. The molecule has 0 aliphatic carbocycles. The summed E-state index contributed by atoms with van der Waals surface area (Å²) >= 11 is 1.37. The summed E-state index contributed by atoms with van der Waals surface area (Å²) in [7, 11) is 3.47. The van der Waals surface area contributed by atoms with Crippen molar-refractivity contribution in [3.8, 4) is 0 Å². The Morgan fingerprint density at radius 3 is 2.62 bits per heavy atom. The highest BCUT2D eigenvalue weighted by atomic mass is 32.2. The number of nitrogens with zero attached hydrogens (tertiary/aromatic N) is 4. The van der Waals surface area contributed by atoms with Gasteiger partial charge in [-0.2, -0.15) is 0 Å². The molecule has 0 unspecified atom stereocenters. The Labute approximate surface area is 143 Å². The zero-order valence-corrected chi connectivity index (χ0v) is 14.0. The molecule has 1 aromatic carbocycles. The van der Waals surface area contributed by atoms with Crippen LogP contribution in [0.2, 0.25) is 0 Å². The van der Waals surface area contributed by atoms with Gasteiger partial charge in [0.15, 0.2) is 5.16 Å². The first-order valence-corrected chi connectivity index (χ1v) is 8.01. The van der Waals surface area contributed by atoms with E-state index in [2.05, 4.69) is 9.97 Å². The van der Waals surface area contributed by atoms with Gasteiger partial charge in [-0.25, -0.2) is 9.37 Å². The van der Waals surface area contributed by atoms with Crippen LogP contribution in [-0.4, -0.2) is 27.5 Å². The van der Waals surface area contributed by atoms with Gasteiger partial charge in [-0.1, -0.05) is 11.8 Å². The molecule has 5 nitrogen and oxygen atoms in total. The van der Waals surface area contributed by atoms with Crippen molar-refractivity contribution in [2.75, 3.05) is 11.9 Å². The summed E-state index contributed by atoms with van der Waals surface area (Å²) in [6.45, 7) is 0. The molecule has 0 radical (unpaired) electrons. The quantitative estimate of drug-likeness (QED) is 0.729. The van der Waals surface area contributed by atoms with Crippen molar-refractivity contribution in [1.29, 1.82) is 0 Å². The molecule has 0 saturated carbocycles. The Hall–Kier alpha value is -2.67. The van der Waals surface area contributed by atoms with Crippen LogP contribution in [-0.2, 0) is 7.05 Å². The first-order chi connectivity index (χ1) is 11.6. The zero-order valence-electron chi connectivity index (χ0n) is 13.2. The number of rotatable bonds is 4. The Bertz CT molecular complexity index is 849. The third-order valence-electron chi connectivity index (χ3n) is 3.53. The number of anilines is 1. The van der Waals surface area contributed by atoms with E-state index >= 15 is 0 Å². The molecule has 0 saturated heterocycles. The lowest BCUT2D eigenvalue weighted by Gasteiger charge is -2.17. The summed E-state index contributed by atoms with van der Waals surface area (Å²) in [6, 6.07) is 9.74. The maximum Gasteiger partial charge on any atom is 0.276 e. The van der Waals surface area contributed by atoms with Crippen LogP contribution in [0.25, 0.3) is 0 Å². The summed E-state index contributed by atoms with van der Waals surface area (Å²) in [6.07, 6.45) is 4.83. The summed E-state index contributed by atoms with van der Waals surface area (Å²) in [4.78, 5) is 23.4. The second kappa shape index (κ2) is 6.84. The molecule has 1 amide bonds. The number of carbonyl (C=O) groups is 1. The van der Waals surface area contributed by atoms with Gasteiger partial charge in [-0.15, -0.1) is 0 Å². The Kier molecular flexibility index (Phi) is 4.61. The molecule has 122 valence electrons. The average Bonchev–Trinajstić information content (AvgIpc) is 2.97. The molecule has 7 heteroatoms. The fourth-order valence-electron chi connectivity index (χ4n) is 2.14. The van der Waals surface area contributed by atoms with Crippen LogP contribution in [0, 0.1) is 5.82 Å². The third kappa shape index (κ3) is 3.30. The lowest BCUT2D eigenvalue weighted by Crippen LogP contribution is -2.28. The highest BCUT2D eigenvalue weighted by Gasteiger charge is 2.19. The lowest BCUT2D eigenvalue weighted by atomic mass is 10.3. The zero-order chi connectivity index (χ0) is 17.1. The number of benzene rings is 1. The molecule has 2 aromatic heterocycles. The lowest BCUT2D eigenvalue weighted by molar-refractivity contribution is 0.0984. The summed E-state index contributed by atoms with van der Waals surface area (Å²) < 4.78 is 14.7. The Morgan fingerprint density at radius 1 is 1.21 bits per heavy atom. The molecule has 0 bridgehead atoms. The van der Waals surface area contributed by atoms with Gasteiger partial charge in [0.05, 0.1) is 18.1 Å². The monoisotopic (exact) mass is 342 g/mol. The van der Waals surface area contributed by atoms with Gasteiger partial charge in [0, 0.05) is 25.2 Å². The second-order valence-corrected chi connectivity index (χ2v) is 6.16. The maximum atomic E-state index is 13.0. The summed E-state index contributed by atoms with van der Waals surface area (Å²) in [5.74, 6) is -0.461. The minimum Gasteiger partial charge on any atom is -0.318 e. The van der Waals surface area contributed by atoms with E-state index < -0.39 is 0 Å². The Balaban J connectivity index is 1.81. The van der Waals surface area contributed by atoms with E-state index in [9.17, 15) is 9.18 Å². The van der Waals surface area contributed by atoms with Crippen LogP contribution in [0.3, 0.4) is 0 Å². The third-order valence-corrected chi connectivity index (χ3v) is 4.60. The van der Waals surface area contributed by atoms with Crippen LogP contribution < -0.4 is 4.90 Å². The van der Waals surface area contributed by atoms with E-state index in [0.29, 0.717) is 16.5 Å². The van der Waals surface area contributed by atoms with Crippen molar-refractivity contribution in [2.45, 2.75) is 10.1 Å². The number of hydrogen-bond donors (Lipinski definition) is 0. The van der Waals surface area contributed by atoms with E-state index in [1.807, 2.05) is 6.07 Å². The van der Waals surface area contributed by atoms with Crippen LogP contribution in [0.1, 0.15) is 10.5 Å². The molecule has 0 aliphatic rings. The summed E-state index contributed by atoms with van der Waals surface area (Å²) in [5, 5.41) is 0.657. The van der Waals surface area contributed by atoms with E-state index in [4.69, 9.17) is 0 Å². The van der Waals surface area contributed by atoms with Crippen LogP contribution in [0.15, 0.2) is 65.0 Å². The fourth-order valence-corrected chi connectivity index (χ4v) is 2.96. The largest absolute Gasteiger partial charge is 0.318 e. The van der Waals surface area contributed by atoms with Crippen molar-refractivity contribution in [2.24, 2.45) is 7.05 Å². The molecule has 2 heterocycles. The van der Waals surface area contributed by atoms with Gasteiger partial charge in [0.2, 0.25) is 0 Å². The van der Waals surface area contributed by atoms with Crippen molar-refractivity contribution < 1.29 is 9.18 Å². The first kappa shape index (κ1) is 16.2. The molecule has 0 spiro atoms. The summed E-state index contributed by atoms with van der Waals surface area (Å²) in [5.41, 5.74) is 1.17. The Morgan fingerprint density at radius 2 is 1.96 bits per heavy atom. The standard InChI is InChI=1S/C17H15FN4OS/c1-21(13-4-3-9-19-10-13)16(23)15-11-20-17(22(15)2)24-14-7-5-12(18)6-8-14/h3-11H,1-2H3. The van der Waals surface area contributed by atoms with Crippen LogP contribution in [0.4, 0.5) is 10.1 Å². The second-order valence-electron chi connectivity index (χ2n) is 5.12. The number of imidazole rings is 1. The number of pyridine rings is 1. The average molecular weight is 342 g/mol. The van der Waals surface area contributed by atoms with Crippen molar-refractivity contribution in [3.63, 3.8) is 0 Å². The molecule has 0 aliphatic heterocycles. The topological polar surface area (TPSA) is 51.0 Å². The van der Waals surface area contributed by atoms with Gasteiger partial charge in [0.1, 0.15) is 11.5 Å². The van der Waals surface area contributed by atoms with Crippen molar-refractivity contribution in [1.82, 2.24) is 14.5 Å². The van der Waals surface area contributed by atoms with Crippen LogP contribution >= 0.6 is 11.8 Å². The molecular formula is C17H15FN4OS. The number of aromatic nitrogens is 3. The molecule has 3 rings (SSSR count). The van der Waals surface area contributed by atoms with Gasteiger partial charge in [0.25, 0.3) is 5.91 Å². The van der Waals surface area contributed by atoms with Crippen molar-refractivity contribution in [3.05, 3.63) is 66.5 Å². The first-order valence-electron chi connectivity index (χ1n) is 7.19. The predicted molar refractivity (Wildman–Crippen MR) is 90.7 cm³/mol. The smallest absolute Gasteiger partial charge is 0.276 e. The molecule has 3 aromatic rings. The number of carbonyl (C=O) groups excluding carboxylic acids is 1. The number of hydrogen-bond acceptors (Lipinski definition) is 4. The molecule has 0 fully saturated rings.